The number of hydrogen-bond donors (Lipinski definition) is 1. The molecular formula is C14H13Cl2N. The van der Waals surface area contributed by atoms with Crippen LogP contribution in [0.25, 0.3) is 0 Å². The van der Waals surface area contributed by atoms with Gasteiger partial charge < -0.3 is 5.32 Å². The first kappa shape index (κ1) is 12.3. The van der Waals surface area contributed by atoms with Crippen molar-refractivity contribution >= 4 is 28.9 Å². The summed E-state index contributed by atoms with van der Waals surface area (Å²) in [4.78, 5) is 0. The van der Waals surface area contributed by atoms with Gasteiger partial charge in [-0.05, 0) is 54.4 Å². The lowest BCUT2D eigenvalue weighted by atomic mass is 10.1. The normalized spacial score (nSPS) is 10.3. The molecule has 0 aliphatic carbocycles. The van der Waals surface area contributed by atoms with Crippen molar-refractivity contribution in [3.8, 4) is 0 Å². The number of aryl methyl sites for hydroxylation is 1. The van der Waals surface area contributed by atoms with E-state index in [0.717, 1.165) is 22.3 Å². The molecule has 0 unspecified atom stereocenters. The van der Waals surface area contributed by atoms with Gasteiger partial charge in [0.15, 0.2) is 0 Å². The quantitative estimate of drug-likeness (QED) is 0.831. The molecule has 0 bridgehead atoms. The van der Waals surface area contributed by atoms with Crippen molar-refractivity contribution in [3.63, 3.8) is 0 Å². The fourth-order valence-corrected chi connectivity index (χ4v) is 1.98. The summed E-state index contributed by atoms with van der Waals surface area (Å²) >= 11 is 11.7. The second-order valence-corrected chi connectivity index (χ2v) is 4.80. The van der Waals surface area contributed by atoms with Crippen molar-refractivity contribution in [1.82, 2.24) is 0 Å². The first-order valence-corrected chi connectivity index (χ1v) is 6.15. The Morgan fingerprint density at radius 1 is 0.941 bits per heavy atom. The van der Waals surface area contributed by atoms with Gasteiger partial charge in [0.1, 0.15) is 0 Å². The largest absolute Gasteiger partial charge is 0.381 e. The zero-order chi connectivity index (χ0) is 12.3. The number of rotatable bonds is 3. The summed E-state index contributed by atoms with van der Waals surface area (Å²) in [7, 11) is 0. The summed E-state index contributed by atoms with van der Waals surface area (Å²) in [6.07, 6.45) is 0. The number of hydrogen-bond acceptors (Lipinski definition) is 1. The molecule has 88 valence electrons. The summed E-state index contributed by atoms with van der Waals surface area (Å²) in [6, 6.07) is 13.6. The van der Waals surface area contributed by atoms with Gasteiger partial charge in [0, 0.05) is 22.3 Å². The summed E-state index contributed by atoms with van der Waals surface area (Å²) in [5.41, 5.74) is 3.49. The predicted molar refractivity (Wildman–Crippen MR) is 75.0 cm³/mol. The number of halogens is 2. The maximum atomic E-state index is 5.92. The molecule has 1 N–H and O–H groups in total. The van der Waals surface area contributed by atoms with E-state index in [2.05, 4.69) is 12.2 Å². The van der Waals surface area contributed by atoms with Crippen LogP contribution in [0.1, 0.15) is 11.1 Å². The van der Waals surface area contributed by atoms with Crippen molar-refractivity contribution in [2.75, 3.05) is 5.32 Å². The Hall–Kier alpha value is -1.18. The van der Waals surface area contributed by atoms with Gasteiger partial charge in [-0.2, -0.15) is 0 Å². The summed E-state index contributed by atoms with van der Waals surface area (Å²) in [5, 5.41) is 4.87. The van der Waals surface area contributed by atoms with Crippen LogP contribution in [0.5, 0.6) is 0 Å². The number of nitrogens with one attached hydrogen (secondary N) is 1. The maximum Gasteiger partial charge on any atom is 0.0408 e. The Morgan fingerprint density at radius 2 is 1.59 bits per heavy atom. The number of benzene rings is 2. The lowest BCUT2D eigenvalue weighted by Crippen LogP contribution is -2.00. The van der Waals surface area contributed by atoms with Crippen molar-refractivity contribution in [1.29, 1.82) is 0 Å². The Labute approximate surface area is 111 Å². The van der Waals surface area contributed by atoms with Crippen LogP contribution in [0.15, 0.2) is 42.5 Å². The lowest BCUT2D eigenvalue weighted by Gasteiger charge is -2.09. The molecule has 0 fully saturated rings. The maximum absolute atomic E-state index is 5.92. The van der Waals surface area contributed by atoms with Crippen molar-refractivity contribution in [2.24, 2.45) is 0 Å². The highest BCUT2D eigenvalue weighted by Gasteiger charge is 1.99. The van der Waals surface area contributed by atoms with Crippen LogP contribution in [0, 0.1) is 6.92 Å². The summed E-state index contributed by atoms with van der Waals surface area (Å²) in [5.74, 6) is 0. The average molecular weight is 266 g/mol. The van der Waals surface area contributed by atoms with Gasteiger partial charge in [-0.1, -0.05) is 29.3 Å². The first-order valence-electron chi connectivity index (χ1n) is 5.39. The van der Waals surface area contributed by atoms with Crippen LogP contribution < -0.4 is 5.32 Å². The third kappa shape index (κ3) is 3.39. The minimum Gasteiger partial charge on any atom is -0.381 e. The number of anilines is 1. The van der Waals surface area contributed by atoms with E-state index in [0.29, 0.717) is 0 Å². The van der Waals surface area contributed by atoms with Crippen LogP contribution in [-0.2, 0) is 6.54 Å². The summed E-state index contributed by atoms with van der Waals surface area (Å²) in [6.45, 7) is 2.84. The first-order chi connectivity index (χ1) is 8.15. The molecular weight excluding hydrogens is 253 g/mol. The Bertz CT molecular complexity index is 506. The zero-order valence-corrected chi connectivity index (χ0v) is 11.0. The van der Waals surface area contributed by atoms with E-state index >= 15 is 0 Å². The molecule has 1 nitrogen and oxygen atoms in total. The van der Waals surface area contributed by atoms with Crippen LogP contribution >= 0.6 is 23.2 Å². The lowest BCUT2D eigenvalue weighted by molar-refractivity contribution is 1.12. The highest BCUT2D eigenvalue weighted by atomic mass is 35.5. The monoisotopic (exact) mass is 265 g/mol. The predicted octanol–water partition coefficient (Wildman–Crippen LogP) is 4.91. The molecule has 2 rings (SSSR count). The minimum atomic E-state index is 0.748. The van der Waals surface area contributed by atoms with E-state index in [-0.39, 0.29) is 0 Å². The standard InChI is InChI=1S/C14H13Cl2N/c1-10-8-13(16)3-2-11(10)9-17-14-6-4-12(15)5-7-14/h2-8,17H,9H2,1H3. The highest BCUT2D eigenvalue weighted by molar-refractivity contribution is 6.30. The summed E-state index contributed by atoms with van der Waals surface area (Å²) < 4.78 is 0. The molecule has 0 spiro atoms. The SMILES string of the molecule is Cc1cc(Cl)ccc1CNc1ccc(Cl)cc1. The molecule has 2 aromatic carbocycles. The fourth-order valence-electron chi connectivity index (χ4n) is 1.62. The van der Waals surface area contributed by atoms with Crippen LogP contribution in [0.2, 0.25) is 10.0 Å². The third-order valence-corrected chi connectivity index (χ3v) is 3.12. The van der Waals surface area contributed by atoms with E-state index in [1.807, 2.05) is 42.5 Å². The highest BCUT2D eigenvalue weighted by Crippen LogP contribution is 2.18. The van der Waals surface area contributed by atoms with Gasteiger partial charge in [0.2, 0.25) is 0 Å². The third-order valence-electron chi connectivity index (χ3n) is 2.63. The topological polar surface area (TPSA) is 12.0 Å². The molecule has 0 radical (unpaired) electrons. The van der Waals surface area contributed by atoms with Crippen molar-refractivity contribution < 1.29 is 0 Å². The second kappa shape index (κ2) is 5.44. The minimum absolute atomic E-state index is 0.748. The van der Waals surface area contributed by atoms with E-state index in [4.69, 9.17) is 23.2 Å². The Morgan fingerprint density at radius 3 is 2.24 bits per heavy atom. The van der Waals surface area contributed by atoms with Gasteiger partial charge in [-0.25, -0.2) is 0 Å². The van der Waals surface area contributed by atoms with Crippen LogP contribution in [0.4, 0.5) is 5.69 Å². The van der Waals surface area contributed by atoms with E-state index < -0.39 is 0 Å². The molecule has 0 aliphatic heterocycles. The van der Waals surface area contributed by atoms with Crippen molar-refractivity contribution in [3.05, 3.63) is 63.6 Å². The van der Waals surface area contributed by atoms with Gasteiger partial charge >= 0.3 is 0 Å². The molecule has 17 heavy (non-hydrogen) atoms. The van der Waals surface area contributed by atoms with E-state index in [1.54, 1.807) is 0 Å². The van der Waals surface area contributed by atoms with Gasteiger partial charge in [-0.15, -0.1) is 0 Å². The van der Waals surface area contributed by atoms with E-state index in [1.165, 1.54) is 11.1 Å². The van der Waals surface area contributed by atoms with Gasteiger partial charge in [0.05, 0.1) is 0 Å². The van der Waals surface area contributed by atoms with Crippen LogP contribution in [0.3, 0.4) is 0 Å². The average Bonchev–Trinajstić information content (AvgIpc) is 2.30. The Balaban J connectivity index is 2.04. The molecule has 0 aliphatic rings. The molecule has 0 heterocycles. The molecule has 0 saturated carbocycles. The molecule has 0 aromatic heterocycles. The zero-order valence-electron chi connectivity index (χ0n) is 9.50. The molecule has 0 amide bonds. The smallest absolute Gasteiger partial charge is 0.0408 e. The molecule has 0 saturated heterocycles. The Kier molecular flexibility index (Phi) is 3.93. The molecule has 3 heteroatoms. The molecule has 2 aromatic rings. The fraction of sp³-hybridized carbons (Fsp3) is 0.143. The molecule has 0 atom stereocenters. The van der Waals surface area contributed by atoms with Gasteiger partial charge in [-0.3, -0.25) is 0 Å². The van der Waals surface area contributed by atoms with Crippen molar-refractivity contribution in [2.45, 2.75) is 13.5 Å². The van der Waals surface area contributed by atoms with Crippen LogP contribution in [-0.4, -0.2) is 0 Å². The second-order valence-electron chi connectivity index (χ2n) is 3.93. The van der Waals surface area contributed by atoms with Gasteiger partial charge in [0.25, 0.3) is 0 Å². The van der Waals surface area contributed by atoms with E-state index in [9.17, 15) is 0 Å².